The van der Waals surface area contributed by atoms with Crippen LogP contribution in [0.25, 0.3) is 0 Å². The maximum absolute atomic E-state index is 13.5. The molecule has 2 fully saturated rings. The van der Waals surface area contributed by atoms with Gasteiger partial charge in [-0.3, -0.25) is 19.1 Å². The predicted molar refractivity (Wildman–Crippen MR) is 150 cm³/mol. The van der Waals surface area contributed by atoms with E-state index in [9.17, 15) is 28.2 Å². The highest BCUT2D eigenvalue weighted by Crippen LogP contribution is 2.41. The maximum atomic E-state index is 13.5. The third kappa shape index (κ3) is 6.43. The molecule has 3 unspecified atom stereocenters. The number of anilines is 1. The number of piperidine rings is 2. The van der Waals surface area contributed by atoms with Gasteiger partial charge in [-0.2, -0.15) is 13.2 Å². The van der Waals surface area contributed by atoms with Gasteiger partial charge in [0.25, 0.3) is 6.35 Å². The number of hydrogen-bond donors (Lipinski definition) is 3. The number of halogens is 3. The van der Waals surface area contributed by atoms with Gasteiger partial charge in [-0.05, 0) is 81.7 Å². The Balaban J connectivity index is 1.21. The number of aliphatic hydroxyl groups is 2. The average molecular weight is 579 g/mol. The zero-order valence-corrected chi connectivity index (χ0v) is 24.0. The van der Waals surface area contributed by atoms with Crippen molar-refractivity contribution in [2.45, 2.75) is 63.8 Å². The number of nitrogens with zero attached hydrogens (tertiary/aromatic N) is 4. The zero-order chi connectivity index (χ0) is 29.4. The Hall–Kier alpha value is -2.60. The summed E-state index contributed by atoms with van der Waals surface area (Å²) in [5.74, 6) is 0.193. The average Bonchev–Trinajstić information content (AvgIpc) is 2.93. The minimum absolute atomic E-state index is 0.00461. The summed E-state index contributed by atoms with van der Waals surface area (Å²) in [7, 11) is 1.76. The second-order valence-corrected chi connectivity index (χ2v) is 12.3. The number of amides is 1. The first kappa shape index (κ1) is 29.9. The number of nitrogens with one attached hydrogen (secondary N) is 1. The van der Waals surface area contributed by atoms with Gasteiger partial charge in [-0.15, -0.1) is 0 Å². The van der Waals surface area contributed by atoms with Crippen LogP contribution in [0.1, 0.15) is 43.7 Å². The van der Waals surface area contributed by atoms with Crippen molar-refractivity contribution in [2.24, 2.45) is 5.92 Å². The summed E-state index contributed by atoms with van der Waals surface area (Å²) in [6, 6.07) is 3.91. The smallest absolute Gasteiger partial charge is 0.391 e. The van der Waals surface area contributed by atoms with Crippen molar-refractivity contribution in [3.8, 4) is 0 Å². The molecular formula is C30H43F3N5O3+. The molecule has 5 rings (SSSR count). The highest BCUT2D eigenvalue weighted by Gasteiger charge is 2.46. The van der Waals surface area contributed by atoms with Crippen LogP contribution in [-0.2, 0) is 17.5 Å². The third-order valence-electron chi connectivity index (χ3n) is 9.27. The summed E-state index contributed by atoms with van der Waals surface area (Å²) in [5, 5.41) is 24.4. The van der Waals surface area contributed by atoms with Crippen LogP contribution >= 0.6 is 0 Å². The van der Waals surface area contributed by atoms with E-state index < -0.39 is 18.1 Å². The van der Waals surface area contributed by atoms with Crippen LogP contribution < -0.4 is 10.2 Å². The molecule has 3 N–H and O–H groups in total. The quantitative estimate of drug-likeness (QED) is 0.451. The van der Waals surface area contributed by atoms with Crippen LogP contribution in [-0.4, -0.2) is 102 Å². The Morgan fingerprint density at radius 2 is 1.83 bits per heavy atom. The van der Waals surface area contributed by atoms with Crippen molar-refractivity contribution in [3.05, 3.63) is 53.3 Å². The molecule has 4 aliphatic rings. The molecule has 0 saturated carbocycles. The lowest BCUT2D eigenvalue weighted by Crippen LogP contribution is -2.66. The van der Waals surface area contributed by atoms with Crippen LogP contribution in [0.15, 0.2) is 42.1 Å². The molecule has 0 aliphatic carbocycles. The maximum Gasteiger partial charge on any atom is 0.416 e. The summed E-state index contributed by atoms with van der Waals surface area (Å²) < 4.78 is 40.5. The topological polar surface area (TPSA) is 79.3 Å². The van der Waals surface area contributed by atoms with Crippen LogP contribution in [0.3, 0.4) is 0 Å². The van der Waals surface area contributed by atoms with Crippen LogP contribution in [0.5, 0.6) is 0 Å². The van der Waals surface area contributed by atoms with Gasteiger partial charge >= 0.3 is 6.18 Å². The third-order valence-corrected chi connectivity index (χ3v) is 9.27. The standard InChI is InChI=1S/C30H43F3N5O3/c1-21-17-22(5-10-34-21)19-35-11-6-23(7-12-35)28(40)36-13-8-26(9-14-36)37-27-4-3-25(30(31,32)33)18-24(27)20-38(2,15-16-39)29(37)41/h3-5,10,17-18,21,23,26,29,34,39,41H,6-9,11-16,19-20H2,1-2H3/q+1. The van der Waals surface area contributed by atoms with E-state index in [2.05, 4.69) is 29.3 Å². The molecule has 0 radical (unpaired) electrons. The first-order valence-electron chi connectivity index (χ1n) is 14.7. The molecule has 226 valence electrons. The molecule has 0 spiro atoms. The van der Waals surface area contributed by atoms with E-state index in [1.807, 2.05) is 16.0 Å². The van der Waals surface area contributed by atoms with E-state index in [-0.39, 0.29) is 42.0 Å². The fourth-order valence-electron chi connectivity index (χ4n) is 6.90. The number of dihydropyridines is 1. The number of aliphatic hydroxyl groups excluding tert-OH is 2. The van der Waals surface area contributed by atoms with E-state index in [0.29, 0.717) is 43.2 Å². The van der Waals surface area contributed by atoms with E-state index in [4.69, 9.17) is 0 Å². The minimum atomic E-state index is -4.46. The first-order valence-corrected chi connectivity index (χ1v) is 14.7. The number of hydrogen-bond acceptors (Lipinski definition) is 6. The Morgan fingerprint density at radius 3 is 2.46 bits per heavy atom. The summed E-state index contributed by atoms with van der Waals surface area (Å²) in [6.07, 6.45) is 3.78. The van der Waals surface area contributed by atoms with Crippen molar-refractivity contribution < 1.29 is 32.7 Å². The van der Waals surface area contributed by atoms with Crippen LogP contribution in [0.2, 0.25) is 0 Å². The zero-order valence-electron chi connectivity index (χ0n) is 24.0. The molecule has 0 aromatic heterocycles. The molecule has 1 aromatic carbocycles. The summed E-state index contributed by atoms with van der Waals surface area (Å²) in [4.78, 5) is 19.6. The van der Waals surface area contributed by atoms with E-state index in [1.165, 1.54) is 17.7 Å². The van der Waals surface area contributed by atoms with Gasteiger partial charge in [0.2, 0.25) is 5.91 Å². The van der Waals surface area contributed by atoms with Crippen molar-refractivity contribution in [1.82, 2.24) is 15.1 Å². The van der Waals surface area contributed by atoms with Gasteiger partial charge in [0.1, 0.15) is 13.1 Å². The fraction of sp³-hybridized carbons (Fsp3) is 0.633. The summed E-state index contributed by atoms with van der Waals surface area (Å²) in [5.41, 5.74) is 1.70. The van der Waals surface area contributed by atoms with E-state index >= 15 is 0 Å². The lowest BCUT2D eigenvalue weighted by molar-refractivity contribution is -0.968. The Bertz CT molecular complexity index is 1160. The van der Waals surface area contributed by atoms with Crippen molar-refractivity contribution in [1.29, 1.82) is 0 Å². The normalized spacial score (nSPS) is 28.3. The SMILES string of the molecule is CC1C=C(CN2CCC(C(=O)N3CCC(N4c5ccc(C(F)(F)F)cc5C[N+](C)(CCO)C4O)CC3)CC2)C=CN1. The van der Waals surface area contributed by atoms with Gasteiger partial charge < -0.3 is 20.4 Å². The van der Waals surface area contributed by atoms with Gasteiger partial charge in [0.15, 0.2) is 0 Å². The fourth-order valence-corrected chi connectivity index (χ4v) is 6.90. The molecule has 41 heavy (non-hydrogen) atoms. The number of quaternary nitrogens is 1. The lowest BCUT2D eigenvalue weighted by atomic mass is 9.92. The number of rotatable bonds is 6. The number of fused-ring (bicyclic) bond motifs is 1. The number of carbonyl (C=O) groups is 1. The molecule has 1 amide bonds. The molecule has 8 nitrogen and oxygen atoms in total. The monoisotopic (exact) mass is 578 g/mol. The molecule has 2 saturated heterocycles. The largest absolute Gasteiger partial charge is 0.416 e. The van der Waals surface area contributed by atoms with E-state index in [1.54, 1.807) is 7.05 Å². The highest BCUT2D eigenvalue weighted by molar-refractivity contribution is 5.79. The lowest BCUT2D eigenvalue weighted by Gasteiger charge is -2.52. The number of likely N-dealkylation sites (tertiary alicyclic amines) is 2. The van der Waals surface area contributed by atoms with Crippen LogP contribution in [0.4, 0.5) is 18.9 Å². The highest BCUT2D eigenvalue weighted by atomic mass is 19.4. The molecule has 3 atom stereocenters. The molecule has 1 aromatic rings. The summed E-state index contributed by atoms with van der Waals surface area (Å²) >= 11 is 0. The number of benzene rings is 1. The van der Waals surface area contributed by atoms with Crippen LogP contribution in [0, 0.1) is 5.92 Å². The van der Waals surface area contributed by atoms with Gasteiger partial charge in [0.05, 0.1) is 24.9 Å². The Kier molecular flexibility index (Phi) is 8.71. The van der Waals surface area contributed by atoms with Crippen molar-refractivity contribution >= 4 is 11.6 Å². The number of carbonyl (C=O) groups excluding carboxylic acids is 1. The van der Waals surface area contributed by atoms with Crippen molar-refractivity contribution in [2.75, 3.05) is 57.8 Å². The number of likely N-dealkylation sites (N-methyl/N-ethyl adjacent to an activating group) is 1. The van der Waals surface area contributed by atoms with E-state index in [0.717, 1.165) is 38.5 Å². The Labute approximate surface area is 240 Å². The van der Waals surface area contributed by atoms with Gasteiger partial charge in [-0.25, -0.2) is 0 Å². The van der Waals surface area contributed by atoms with Crippen molar-refractivity contribution in [3.63, 3.8) is 0 Å². The molecule has 11 heteroatoms. The van der Waals surface area contributed by atoms with Gasteiger partial charge in [0, 0.05) is 43.2 Å². The predicted octanol–water partition coefficient (Wildman–Crippen LogP) is 2.88. The second-order valence-electron chi connectivity index (χ2n) is 12.3. The molecule has 4 heterocycles. The number of alkyl halides is 3. The van der Waals surface area contributed by atoms with Gasteiger partial charge in [-0.1, -0.05) is 6.08 Å². The molecule has 4 aliphatic heterocycles. The summed E-state index contributed by atoms with van der Waals surface area (Å²) in [6.45, 7) is 6.11. The minimum Gasteiger partial charge on any atom is -0.391 e. The first-order chi connectivity index (χ1) is 19.5. The second kappa shape index (κ2) is 11.9. The Morgan fingerprint density at radius 1 is 1.12 bits per heavy atom. The molecule has 0 bridgehead atoms. The molecular weight excluding hydrogens is 535 g/mol.